The van der Waals surface area contributed by atoms with E-state index < -0.39 is 0 Å². The molecule has 2 rings (SSSR count). The van der Waals surface area contributed by atoms with Crippen molar-refractivity contribution in [2.24, 2.45) is 5.92 Å². The minimum Gasteiger partial charge on any atom is -0.354 e. The minimum atomic E-state index is 0.768. The molecule has 1 N–H and O–H groups in total. The van der Waals surface area contributed by atoms with E-state index in [-0.39, 0.29) is 0 Å². The van der Waals surface area contributed by atoms with Gasteiger partial charge in [0.05, 0.1) is 0 Å². The molecule has 0 aromatic carbocycles. The number of nitrogens with one attached hydrogen (secondary N) is 1. The first kappa shape index (κ1) is 8.48. The van der Waals surface area contributed by atoms with Crippen LogP contribution >= 0.6 is 0 Å². The Morgan fingerprint density at radius 2 is 2.08 bits per heavy atom. The van der Waals surface area contributed by atoms with E-state index in [1.54, 1.807) is 0 Å². The molecular formula is C10H15N3. The standard InChI is InChI=1S/C10H15N3/c1-2-8-5-11-10(12-6-8)13-7-9-3-4-9/h5-6,9H,2-4,7H2,1H3,(H,11,12,13). The Balaban J connectivity index is 1.88. The topological polar surface area (TPSA) is 37.8 Å². The zero-order chi connectivity index (χ0) is 9.10. The highest BCUT2D eigenvalue weighted by molar-refractivity contribution is 5.24. The number of nitrogens with zero attached hydrogens (tertiary/aromatic N) is 2. The predicted octanol–water partition coefficient (Wildman–Crippen LogP) is 1.86. The second-order valence-electron chi connectivity index (χ2n) is 3.59. The molecule has 3 heteroatoms. The summed E-state index contributed by atoms with van der Waals surface area (Å²) in [6.07, 6.45) is 7.51. The van der Waals surface area contributed by atoms with E-state index in [1.165, 1.54) is 18.4 Å². The van der Waals surface area contributed by atoms with E-state index in [4.69, 9.17) is 0 Å². The summed E-state index contributed by atoms with van der Waals surface area (Å²) >= 11 is 0. The molecule has 0 bridgehead atoms. The maximum absolute atomic E-state index is 4.23. The highest BCUT2D eigenvalue weighted by atomic mass is 15.1. The fraction of sp³-hybridized carbons (Fsp3) is 0.600. The zero-order valence-electron chi connectivity index (χ0n) is 7.95. The summed E-state index contributed by atoms with van der Waals surface area (Å²) < 4.78 is 0. The van der Waals surface area contributed by atoms with Crippen LogP contribution in [0.2, 0.25) is 0 Å². The molecule has 0 amide bonds. The summed E-state index contributed by atoms with van der Waals surface area (Å²) in [5, 5.41) is 3.24. The van der Waals surface area contributed by atoms with Crippen molar-refractivity contribution in [3.05, 3.63) is 18.0 Å². The Morgan fingerprint density at radius 3 is 2.62 bits per heavy atom. The third-order valence-corrected chi connectivity index (χ3v) is 2.36. The van der Waals surface area contributed by atoms with Crippen molar-refractivity contribution in [3.63, 3.8) is 0 Å². The Kier molecular flexibility index (Phi) is 2.43. The molecule has 1 saturated carbocycles. The van der Waals surface area contributed by atoms with Crippen LogP contribution in [0, 0.1) is 5.92 Å². The number of anilines is 1. The molecule has 1 aromatic heterocycles. The van der Waals surface area contributed by atoms with Gasteiger partial charge in [0.2, 0.25) is 5.95 Å². The summed E-state index contributed by atoms with van der Waals surface area (Å²) in [7, 11) is 0. The van der Waals surface area contributed by atoms with Crippen molar-refractivity contribution in [2.45, 2.75) is 26.2 Å². The molecule has 1 aromatic rings. The lowest BCUT2D eigenvalue weighted by Crippen LogP contribution is -2.06. The van der Waals surface area contributed by atoms with Gasteiger partial charge < -0.3 is 5.32 Å². The molecule has 13 heavy (non-hydrogen) atoms. The van der Waals surface area contributed by atoms with Crippen LogP contribution in [0.4, 0.5) is 5.95 Å². The molecule has 1 fully saturated rings. The maximum atomic E-state index is 4.23. The highest BCUT2D eigenvalue weighted by Gasteiger charge is 2.20. The van der Waals surface area contributed by atoms with E-state index in [0.29, 0.717) is 0 Å². The van der Waals surface area contributed by atoms with Gasteiger partial charge in [-0.2, -0.15) is 0 Å². The average molecular weight is 177 g/mol. The summed E-state index contributed by atoms with van der Waals surface area (Å²) in [6, 6.07) is 0. The zero-order valence-corrected chi connectivity index (χ0v) is 7.95. The lowest BCUT2D eigenvalue weighted by Gasteiger charge is -2.02. The molecule has 1 heterocycles. The number of rotatable bonds is 4. The van der Waals surface area contributed by atoms with Gasteiger partial charge >= 0.3 is 0 Å². The second kappa shape index (κ2) is 3.73. The van der Waals surface area contributed by atoms with Crippen molar-refractivity contribution in [1.82, 2.24) is 9.97 Å². The largest absolute Gasteiger partial charge is 0.354 e. The van der Waals surface area contributed by atoms with Crippen LogP contribution in [0.25, 0.3) is 0 Å². The predicted molar refractivity (Wildman–Crippen MR) is 52.6 cm³/mol. The molecule has 1 aliphatic rings. The van der Waals surface area contributed by atoms with Gasteiger partial charge in [0.25, 0.3) is 0 Å². The van der Waals surface area contributed by atoms with Gasteiger partial charge in [-0.05, 0) is 30.7 Å². The monoisotopic (exact) mass is 177 g/mol. The van der Waals surface area contributed by atoms with E-state index in [2.05, 4.69) is 22.2 Å². The minimum absolute atomic E-state index is 0.768. The molecular weight excluding hydrogens is 162 g/mol. The molecule has 0 spiro atoms. The van der Waals surface area contributed by atoms with Crippen LogP contribution in [0.3, 0.4) is 0 Å². The molecule has 1 aliphatic carbocycles. The van der Waals surface area contributed by atoms with E-state index in [1.807, 2.05) is 12.4 Å². The number of aryl methyl sites for hydroxylation is 1. The molecule has 0 radical (unpaired) electrons. The quantitative estimate of drug-likeness (QED) is 0.762. The van der Waals surface area contributed by atoms with Crippen LogP contribution in [0.5, 0.6) is 0 Å². The first-order valence-corrected chi connectivity index (χ1v) is 4.93. The van der Waals surface area contributed by atoms with Crippen molar-refractivity contribution in [3.8, 4) is 0 Å². The SMILES string of the molecule is CCc1cnc(NCC2CC2)nc1. The van der Waals surface area contributed by atoms with Crippen LogP contribution in [0.15, 0.2) is 12.4 Å². The van der Waals surface area contributed by atoms with Gasteiger partial charge in [0.15, 0.2) is 0 Å². The maximum Gasteiger partial charge on any atom is 0.222 e. The normalized spacial score (nSPS) is 15.8. The molecule has 3 nitrogen and oxygen atoms in total. The highest BCUT2D eigenvalue weighted by Crippen LogP contribution is 2.28. The first-order chi connectivity index (χ1) is 6.38. The van der Waals surface area contributed by atoms with Gasteiger partial charge in [0.1, 0.15) is 0 Å². The Bertz CT molecular complexity index is 264. The Labute approximate surface area is 78.6 Å². The van der Waals surface area contributed by atoms with Gasteiger partial charge in [-0.25, -0.2) is 9.97 Å². The van der Waals surface area contributed by atoms with Crippen molar-refractivity contribution in [1.29, 1.82) is 0 Å². The smallest absolute Gasteiger partial charge is 0.222 e. The molecule has 0 aliphatic heterocycles. The van der Waals surface area contributed by atoms with Crippen LogP contribution < -0.4 is 5.32 Å². The van der Waals surface area contributed by atoms with Crippen molar-refractivity contribution < 1.29 is 0 Å². The lowest BCUT2D eigenvalue weighted by atomic mass is 10.3. The Morgan fingerprint density at radius 1 is 1.38 bits per heavy atom. The van der Waals surface area contributed by atoms with E-state index in [9.17, 15) is 0 Å². The second-order valence-corrected chi connectivity index (χ2v) is 3.59. The Hall–Kier alpha value is -1.12. The molecule has 0 unspecified atom stereocenters. The summed E-state index contributed by atoms with van der Waals surface area (Å²) in [5.41, 5.74) is 1.19. The van der Waals surface area contributed by atoms with Crippen LogP contribution in [-0.4, -0.2) is 16.5 Å². The van der Waals surface area contributed by atoms with Gasteiger partial charge in [-0.3, -0.25) is 0 Å². The summed E-state index contributed by atoms with van der Waals surface area (Å²) in [6.45, 7) is 3.14. The third kappa shape index (κ3) is 2.41. The van der Waals surface area contributed by atoms with Crippen molar-refractivity contribution in [2.75, 3.05) is 11.9 Å². The average Bonchev–Trinajstić information content (AvgIpc) is 2.99. The summed E-state index contributed by atoms with van der Waals surface area (Å²) in [4.78, 5) is 8.45. The van der Waals surface area contributed by atoms with Gasteiger partial charge in [0, 0.05) is 18.9 Å². The number of hydrogen-bond donors (Lipinski definition) is 1. The van der Waals surface area contributed by atoms with Crippen molar-refractivity contribution >= 4 is 5.95 Å². The van der Waals surface area contributed by atoms with Gasteiger partial charge in [-0.1, -0.05) is 6.92 Å². The van der Waals surface area contributed by atoms with Crippen LogP contribution in [-0.2, 0) is 6.42 Å². The number of hydrogen-bond acceptors (Lipinski definition) is 3. The van der Waals surface area contributed by atoms with E-state index in [0.717, 1.165) is 24.8 Å². The fourth-order valence-electron chi connectivity index (χ4n) is 1.19. The molecule has 0 atom stereocenters. The first-order valence-electron chi connectivity index (χ1n) is 4.93. The number of aromatic nitrogens is 2. The van der Waals surface area contributed by atoms with E-state index >= 15 is 0 Å². The molecule has 0 saturated heterocycles. The van der Waals surface area contributed by atoms with Crippen LogP contribution in [0.1, 0.15) is 25.3 Å². The lowest BCUT2D eigenvalue weighted by molar-refractivity contribution is 0.871. The summed E-state index contributed by atoms with van der Waals surface area (Å²) in [5.74, 6) is 1.64. The molecule has 70 valence electrons. The fourth-order valence-corrected chi connectivity index (χ4v) is 1.19. The van der Waals surface area contributed by atoms with Gasteiger partial charge in [-0.15, -0.1) is 0 Å². The third-order valence-electron chi connectivity index (χ3n) is 2.36.